The van der Waals surface area contributed by atoms with Crippen molar-refractivity contribution >= 4 is 5.91 Å². The highest BCUT2D eigenvalue weighted by molar-refractivity contribution is 5.80. The molecule has 2 heterocycles. The SMILES string of the molecule is CCn1nccc1[C@@H]1OCC[C@H]1C(=O)NC1C=CCCC1. The van der Waals surface area contributed by atoms with E-state index >= 15 is 0 Å². The van der Waals surface area contributed by atoms with Gasteiger partial charge < -0.3 is 10.1 Å². The van der Waals surface area contributed by atoms with Gasteiger partial charge >= 0.3 is 0 Å². The van der Waals surface area contributed by atoms with Crippen molar-refractivity contribution in [3.05, 3.63) is 30.1 Å². The molecule has 1 aromatic heterocycles. The molecule has 1 fully saturated rings. The Morgan fingerprint density at radius 3 is 3.19 bits per heavy atom. The lowest BCUT2D eigenvalue weighted by molar-refractivity contribution is -0.127. The fraction of sp³-hybridized carbons (Fsp3) is 0.625. The van der Waals surface area contributed by atoms with Crippen molar-refractivity contribution in [2.24, 2.45) is 5.92 Å². The number of amides is 1. The highest BCUT2D eigenvalue weighted by Crippen LogP contribution is 2.34. The quantitative estimate of drug-likeness (QED) is 0.865. The predicted molar refractivity (Wildman–Crippen MR) is 79.6 cm³/mol. The van der Waals surface area contributed by atoms with E-state index in [0.29, 0.717) is 6.61 Å². The summed E-state index contributed by atoms with van der Waals surface area (Å²) >= 11 is 0. The van der Waals surface area contributed by atoms with E-state index in [2.05, 4.69) is 22.6 Å². The van der Waals surface area contributed by atoms with Gasteiger partial charge in [-0.15, -0.1) is 0 Å². The molecular weight excluding hydrogens is 266 g/mol. The van der Waals surface area contributed by atoms with Gasteiger partial charge in [-0.1, -0.05) is 12.2 Å². The van der Waals surface area contributed by atoms with Gasteiger partial charge in [-0.05, 0) is 38.7 Å². The van der Waals surface area contributed by atoms with Crippen molar-refractivity contribution in [1.82, 2.24) is 15.1 Å². The Kier molecular flexibility index (Phi) is 4.39. The number of hydrogen-bond acceptors (Lipinski definition) is 3. The van der Waals surface area contributed by atoms with E-state index in [1.165, 1.54) is 0 Å². The van der Waals surface area contributed by atoms with Crippen molar-refractivity contribution in [3.8, 4) is 0 Å². The lowest BCUT2D eigenvalue weighted by atomic mass is 9.96. The fourth-order valence-corrected chi connectivity index (χ4v) is 3.22. The van der Waals surface area contributed by atoms with E-state index in [9.17, 15) is 4.79 Å². The first kappa shape index (κ1) is 14.3. The maximum atomic E-state index is 12.6. The average Bonchev–Trinajstić information content (AvgIpc) is 3.16. The molecule has 2 aliphatic rings. The van der Waals surface area contributed by atoms with Gasteiger partial charge in [-0.25, -0.2) is 0 Å². The molecular formula is C16H23N3O2. The van der Waals surface area contributed by atoms with Crippen LogP contribution in [-0.4, -0.2) is 28.3 Å². The smallest absolute Gasteiger partial charge is 0.226 e. The zero-order valence-corrected chi connectivity index (χ0v) is 12.5. The summed E-state index contributed by atoms with van der Waals surface area (Å²) in [6.07, 6.45) is 9.96. The molecule has 1 aliphatic carbocycles. The van der Waals surface area contributed by atoms with E-state index in [-0.39, 0.29) is 24.0 Å². The third-order valence-corrected chi connectivity index (χ3v) is 4.35. The van der Waals surface area contributed by atoms with Crippen LogP contribution in [0, 0.1) is 5.92 Å². The van der Waals surface area contributed by atoms with Gasteiger partial charge in [0, 0.05) is 25.4 Å². The third-order valence-electron chi connectivity index (χ3n) is 4.35. The summed E-state index contributed by atoms with van der Waals surface area (Å²) < 4.78 is 7.74. The number of hydrogen-bond donors (Lipinski definition) is 1. The van der Waals surface area contributed by atoms with Crippen molar-refractivity contribution in [2.45, 2.75) is 51.3 Å². The largest absolute Gasteiger partial charge is 0.371 e. The topological polar surface area (TPSA) is 56.2 Å². The first-order chi connectivity index (χ1) is 10.3. The Labute approximate surface area is 125 Å². The lowest BCUT2D eigenvalue weighted by Crippen LogP contribution is -2.39. The van der Waals surface area contributed by atoms with Crippen LogP contribution in [-0.2, 0) is 16.1 Å². The molecule has 5 nitrogen and oxygen atoms in total. The Morgan fingerprint density at radius 2 is 2.43 bits per heavy atom. The lowest BCUT2D eigenvalue weighted by Gasteiger charge is -2.23. The molecule has 0 aromatic carbocycles. The number of nitrogens with one attached hydrogen (secondary N) is 1. The zero-order valence-electron chi connectivity index (χ0n) is 12.5. The maximum Gasteiger partial charge on any atom is 0.226 e. The van der Waals surface area contributed by atoms with Gasteiger partial charge in [0.25, 0.3) is 0 Å². The number of carbonyl (C=O) groups is 1. The van der Waals surface area contributed by atoms with Gasteiger partial charge in [0.05, 0.1) is 11.6 Å². The van der Waals surface area contributed by atoms with Crippen LogP contribution < -0.4 is 5.32 Å². The van der Waals surface area contributed by atoms with Crippen molar-refractivity contribution < 1.29 is 9.53 Å². The number of aryl methyl sites for hydroxylation is 1. The summed E-state index contributed by atoms with van der Waals surface area (Å²) in [5.41, 5.74) is 1.01. The van der Waals surface area contributed by atoms with Crippen LogP contribution in [0.15, 0.2) is 24.4 Å². The van der Waals surface area contributed by atoms with Crippen LogP contribution in [0.4, 0.5) is 0 Å². The van der Waals surface area contributed by atoms with Gasteiger partial charge in [0.1, 0.15) is 6.10 Å². The highest BCUT2D eigenvalue weighted by Gasteiger charge is 2.37. The molecule has 0 radical (unpaired) electrons. The van der Waals surface area contributed by atoms with Gasteiger partial charge in [0.2, 0.25) is 5.91 Å². The summed E-state index contributed by atoms with van der Waals surface area (Å²) in [4.78, 5) is 12.6. The van der Waals surface area contributed by atoms with Crippen LogP contribution >= 0.6 is 0 Å². The number of ether oxygens (including phenoxy) is 1. The number of nitrogens with zero attached hydrogens (tertiary/aromatic N) is 2. The normalized spacial score (nSPS) is 28.7. The summed E-state index contributed by atoms with van der Waals surface area (Å²) in [5, 5.41) is 7.44. The van der Waals surface area contributed by atoms with E-state index in [0.717, 1.165) is 37.9 Å². The second-order valence-electron chi connectivity index (χ2n) is 5.73. The van der Waals surface area contributed by atoms with Crippen LogP contribution in [0.1, 0.15) is 44.4 Å². The number of allylic oxidation sites excluding steroid dienone is 1. The Bertz CT molecular complexity index is 523. The van der Waals surface area contributed by atoms with Crippen LogP contribution in [0.3, 0.4) is 0 Å². The van der Waals surface area contributed by atoms with Crippen molar-refractivity contribution in [3.63, 3.8) is 0 Å². The molecule has 1 unspecified atom stereocenters. The molecule has 1 saturated heterocycles. The molecule has 114 valence electrons. The number of rotatable bonds is 4. The third kappa shape index (κ3) is 3.02. The van der Waals surface area contributed by atoms with E-state index in [1.807, 2.05) is 17.7 Å². The fourth-order valence-electron chi connectivity index (χ4n) is 3.22. The molecule has 1 N–H and O–H groups in total. The van der Waals surface area contributed by atoms with Gasteiger partial charge in [0.15, 0.2) is 0 Å². The molecule has 1 aliphatic heterocycles. The van der Waals surface area contributed by atoms with Crippen LogP contribution in [0.5, 0.6) is 0 Å². The molecule has 0 saturated carbocycles. The Balaban J connectivity index is 1.70. The first-order valence-corrected chi connectivity index (χ1v) is 7.90. The molecule has 21 heavy (non-hydrogen) atoms. The molecule has 3 rings (SSSR count). The zero-order chi connectivity index (χ0) is 14.7. The summed E-state index contributed by atoms with van der Waals surface area (Å²) in [6.45, 7) is 3.48. The maximum absolute atomic E-state index is 12.6. The minimum absolute atomic E-state index is 0.109. The van der Waals surface area contributed by atoms with Gasteiger partial charge in [-0.2, -0.15) is 5.10 Å². The molecule has 0 bridgehead atoms. The second kappa shape index (κ2) is 6.43. The standard InChI is InChI=1S/C16H23N3O2/c1-2-19-14(8-10-17-19)15-13(9-11-21-15)16(20)18-12-6-4-3-5-7-12/h4,6,8,10,12-13,15H,2-3,5,7,9,11H2,1H3,(H,18,20)/t12?,13-,15-/m1/s1. The molecule has 5 heteroatoms. The minimum Gasteiger partial charge on any atom is -0.371 e. The van der Waals surface area contributed by atoms with E-state index < -0.39 is 0 Å². The number of carbonyl (C=O) groups excluding carboxylic acids is 1. The van der Waals surface area contributed by atoms with Crippen LogP contribution in [0.25, 0.3) is 0 Å². The monoisotopic (exact) mass is 289 g/mol. The Hall–Kier alpha value is -1.62. The van der Waals surface area contributed by atoms with Crippen molar-refractivity contribution in [2.75, 3.05) is 6.61 Å². The molecule has 1 aromatic rings. The summed E-state index contributed by atoms with van der Waals surface area (Å²) in [5.74, 6) is 0.000213. The number of aromatic nitrogens is 2. The Morgan fingerprint density at radius 1 is 1.52 bits per heavy atom. The minimum atomic E-state index is -0.167. The molecule has 0 spiro atoms. The van der Waals surface area contributed by atoms with Crippen molar-refractivity contribution in [1.29, 1.82) is 0 Å². The van der Waals surface area contributed by atoms with Crippen LogP contribution in [0.2, 0.25) is 0 Å². The van der Waals surface area contributed by atoms with Gasteiger partial charge in [-0.3, -0.25) is 9.48 Å². The summed E-state index contributed by atoms with van der Waals surface area (Å²) in [6, 6.07) is 2.14. The highest BCUT2D eigenvalue weighted by atomic mass is 16.5. The average molecular weight is 289 g/mol. The van der Waals surface area contributed by atoms with E-state index in [4.69, 9.17) is 4.74 Å². The molecule has 1 amide bonds. The molecule has 3 atom stereocenters. The predicted octanol–water partition coefficient (Wildman–Crippen LogP) is 2.21. The first-order valence-electron chi connectivity index (χ1n) is 7.90. The van der Waals surface area contributed by atoms with E-state index in [1.54, 1.807) is 6.20 Å². The summed E-state index contributed by atoms with van der Waals surface area (Å²) in [7, 11) is 0. The second-order valence-corrected chi connectivity index (χ2v) is 5.73.